The molecular formula is C19H22N2O3. The van der Waals surface area contributed by atoms with Crippen molar-refractivity contribution in [3.63, 3.8) is 0 Å². The van der Waals surface area contributed by atoms with Crippen LogP contribution in [0.2, 0.25) is 0 Å². The summed E-state index contributed by atoms with van der Waals surface area (Å²) in [7, 11) is 1.34. The maximum Gasteiger partial charge on any atom is 0.328 e. The Kier molecular flexibility index (Phi) is 4.99. The van der Waals surface area contributed by atoms with Gasteiger partial charge in [0.15, 0.2) is 0 Å². The van der Waals surface area contributed by atoms with Crippen molar-refractivity contribution in [2.24, 2.45) is 5.92 Å². The highest BCUT2D eigenvalue weighted by Gasteiger charge is 2.24. The summed E-state index contributed by atoms with van der Waals surface area (Å²) in [5.41, 5.74) is 2.00. The van der Waals surface area contributed by atoms with Gasteiger partial charge in [0.1, 0.15) is 6.04 Å². The summed E-state index contributed by atoms with van der Waals surface area (Å²) >= 11 is 0. The van der Waals surface area contributed by atoms with Gasteiger partial charge in [-0.15, -0.1) is 0 Å². The Morgan fingerprint density at radius 2 is 2.21 bits per heavy atom. The number of amides is 1. The summed E-state index contributed by atoms with van der Waals surface area (Å²) in [6, 6.07) is 7.22. The third-order valence-electron chi connectivity index (χ3n) is 4.48. The number of ether oxygens (including phenoxy) is 1. The molecule has 2 N–H and O–H groups in total. The number of carbonyl (C=O) groups excluding carboxylic acids is 2. The third kappa shape index (κ3) is 3.67. The van der Waals surface area contributed by atoms with Gasteiger partial charge < -0.3 is 15.0 Å². The number of benzene rings is 1. The zero-order valence-corrected chi connectivity index (χ0v) is 13.7. The first kappa shape index (κ1) is 16.3. The highest BCUT2D eigenvalue weighted by Crippen LogP contribution is 2.21. The first-order chi connectivity index (χ1) is 11.7. The largest absolute Gasteiger partial charge is 0.467 e. The fraction of sp³-hybridized carbons (Fsp3) is 0.368. The number of nitrogens with one attached hydrogen (secondary N) is 2. The zero-order valence-electron chi connectivity index (χ0n) is 13.7. The number of aromatic amines is 1. The normalized spacial score (nSPS) is 17.8. The van der Waals surface area contributed by atoms with Crippen LogP contribution in [0.3, 0.4) is 0 Å². The predicted octanol–water partition coefficient (Wildman–Crippen LogP) is 2.72. The molecule has 0 spiro atoms. The molecule has 0 bridgehead atoms. The first-order valence-electron chi connectivity index (χ1n) is 8.26. The van der Waals surface area contributed by atoms with E-state index in [-0.39, 0.29) is 11.8 Å². The van der Waals surface area contributed by atoms with Crippen molar-refractivity contribution in [2.45, 2.75) is 31.7 Å². The smallest absolute Gasteiger partial charge is 0.328 e. The summed E-state index contributed by atoms with van der Waals surface area (Å²) in [5.74, 6) is -0.256. The van der Waals surface area contributed by atoms with E-state index in [4.69, 9.17) is 4.74 Å². The van der Waals surface area contributed by atoms with Crippen molar-refractivity contribution < 1.29 is 14.3 Å². The average Bonchev–Trinajstić information content (AvgIpc) is 3.23. The second-order valence-electron chi connectivity index (χ2n) is 6.18. The Morgan fingerprint density at radius 1 is 1.38 bits per heavy atom. The number of rotatable bonds is 6. The van der Waals surface area contributed by atoms with Gasteiger partial charge in [0.05, 0.1) is 7.11 Å². The van der Waals surface area contributed by atoms with Crippen molar-refractivity contribution in [1.82, 2.24) is 10.3 Å². The van der Waals surface area contributed by atoms with Gasteiger partial charge in [-0.05, 0) is 30.4 Å². The van der Waals surface area contributed by atoms with E-state index in [1.54, 1.807) is 0 Å². The lowest BCUT2D eigenvalue weighted by molar-refractivity contribution is -0.145. The van der Waals surface area contributed by atoms with Crippen LogP contribution in [-0.2, 0) is 20.7 Å². The average molecular weight is 326 g/mol. The summed E-state index contributed by atoms with van der Waals surface area (Å²) in [4.78, 5) is 27.5. The van der Waals surface area contributed by atoms with Gasteiger partial charge in [0.2, 0.25) is 5.91 Å². The molecule has 1 aromatic carbocycles. The molecule has 1 aliphatic rings. The van der Waals surface area contributed by atoms with Gasteiger partial charge >= 0.3 is 5.97 Å². The minimum absolute atomic E-state index is 0.109. The van der Waals surface area contributed by atoms with E-state index >= 15 is 0 Å². The number of fused-ring (bicyclic) bond motifs is 1. The Labute approximate surface area is 141 Å². The van der Waals surface area contributed by atoms with E-state index in [1.807, 2.05) is 30.5 Å². The minimum Gasteiger partial charge on any atom is -0.467 e. The number of aromatic nitrogens is 1. The minimum atomic E-state index is -0.674. The van der Waals surface area contributed by atoms with Gasteiger partial charge in [-0.2, -0.15) is 0 Å². The molecule has 2 aromatic rings. The predicted molar refractivity (Wildman–Crippen MR) is 92.4 cm³/mol. The molecule has 5 heteroatoms. The van der Waals surface area contributed by atoms with Crippen LogP contribution in [0.25, 0.3) is 10.9 Å². The molecule has 1 amide bonds. The first-order valence-corrected chi connectivity index (χ1v) is 8.26. The SMILES string of the molecule is COC(=O)C(Cc1c[nH]c2ccccc12)NC(=O)CC1C=CCC1. The summed E-state index contributed by atoms with van der Waals surface area (Å²) in [5, 5.41) is 3.89. The lowest BCUT2D eigenvalue weighted by atomic mass is 10.0. The molecule has 0 radical (unpaired) electrons. The molecule has 5 nitrogen and oxygen atoms in total. The maximum atomic E-state index is 12.3. The fourth-order valence-electron chi connectivity index (χ4n) is 3.21. The van der Waals surface area contributed by atoms with Crippen LogP contribution < -0.4 is 5.32 Å². The molecule has 0 fully saturated rings. The number of hydrogen-bond acceptors (Lipinski definition) is 3. The Hall–Kier alpha value is -2.56. The quantitative estimate of drug-likeness (QED) is 0.633. The van der Waals surface area contributed by atoms with E-state index in [0.717, 1.165) is 29.3 Å². The Balaban J connectivity index is 1.70. The lowest BCUT2D eigenvalue weighted by Gasteiger charge is -2.17. The molecule has 0 aliphatic heterocycles. The standard InChI is InChI=1S/C19H22N2O3/c1-24-19(23)17(21-18(22)10-13-6-2-3-7-13)11-14-12-20-16-9-5-4-8-15(14)16/h2,4-6,8-9,12-13,17,20H,3,7,10-11H2,1H3,(H,21,22). The van der Waals surface area contributed by atoms with Crippen molar-refractivity contribution in [1.29, 1.82) is 0 Å². The third-order valence-corrected chi connectivity index (χ3v) is 4.48. The molecular weight excluding hydrogens is 304 g/mol. The van der Waals surface area contributed by atoms with Gasteiger partial charge in [0, 0.05) is 29.9 Å². The zero-order chi connectivity index (χ0) is 16.9. The van der Waals surface area contributed by atoms with Crippen LogP contribution in [-0.4, -0.2) is 30.0 Å². The summed E-state index contributed by atoms with van der Waals surface area (Å²) in [6.07, 6.45) is 8.90. The van der Waals surface area contributed by atoms with Crippen LogP contribution in [0.5, 0.6) is 0 Å². The number of allylic oxidation sites excluding steroid dienone is 2. The number of para-hydroxylation sites is 1. The molecule has 24 heavy (non-hydrogen) atoms. The highest BCUT2D eigenvalue weighted by atomic mass is 16.5. The number of esters is 1. The van der Waals surface area contributed by atoms with Crippen LogP contribution in [0, 0.1) is 5.92 Å². The molecule has 1 heterocycles. The van der Waals surface area contributed by atoms with E-state index < -0.39 is 12.0 Å². The molecule has 126 valence electrons. The van der Waals surface area contributed by atoms with E-state index in [1.165, 1.54) is 7.11 Å². The molecule has 2 atom stereocenters. The van der Waals surface area contributed by atoms with Crippen LogP contribution in [0.4, 0.5) is 0 Å². The van der Waals surface area contributed by atoms with Crippen LogP contribution in [0.1, 0.15) is 24.8 Å². The van der Waals surface area contributed by atoms with Gasteiger partial charge in [-0.25, -0.2) is 4.79 Å². The van der Waals surface area contributed by atoms with Gasteiger partial charge in [-0.3, -0.25) is 4.79 Å². The van der Waals surface area contributed by atoms with Crippen LogP contribution >= 0.6 is 0 Å². The van der Waals surface area contributed by atoms with E-state index in [2.05, 4.69) is 22.5 Å². The Morgan fingerprint density at radius 3 is 2.96 bits per heavy atom. The molecule has 1 aliphatic carbocycles. The molecule has 0 saturated heterocycles. The molecule has 0 saturated carbocycles. The van der Waals surface area contributed by atoms with Crippen molar-refractivity contribution in [3.8, 4) is 0 Å². The lowest BCUT2D eigenvalue weighted by Crippen LogP contribution is -2.43. The summed E-state index contributed by atoms with van der Waals surface area (Å²) in [6.45, 7) is 0. The topological polar surface area (TPSA) is 71.2 Å². The van der Waals surface area contributed by atoms with Gasteiger partial charge in [0.25, 0.3) is 0 Å². The molecule has 1 aromatic heterocycles. The van der Waals surface area contributed by atoms with Crippen LogP contribution in [0.15, 0.2) is 42.6 Å². The Bertz CT molecular complexity index is 763. The monoisotopic (exact) mass is 326 g/mol. The number of hydrogen-bond donors (Lipinski definition) is 2. The highest BCUT2D eigenvalue weighted by molar-refractivity contribution is 5.87. The fourth-order valence-corrected chi connectivity index (χ4v) is 3.21. The van der Waals surface area contributed by atoms with Crippen molar-refractivity contribution in [2.75, 3.05) is 7.11 Å². The number of carbonyl (C=O) groups is 2. The second kappa shape index (κ2) is 7.34. The summed E-state index contributed by atoms with van der Waals surface area (Å²) < 4.78 is 4.87. The maximum absolute atomic E-state index is 12.3. The molecule has 3 rings (SSSR count). The van der Waals surface area contributed by atoms with E-state index in [9.17, 15) is 9.59 Å². The molecule has 2 unspecified atom stereocenters. The van der Waals surface area contributed by atoms with Gasteiger partial charge in [-0.1, -0.05) is 30.4 Å². The van der Waals surface area contributed by atoms with Crippen molar-refractivity contribution >= 4 is 22.8 Å². The van der Waals surface area contributed by atoms with E-state index in [0.29, 0.717) is 12.8 Å². The number of H-pyrrole nitrogens is 1. The number of methoxy groups -OCH3 is 1. The van der Waals surface area contributed by atoms with Crippen molar-refractivity contribution in [3.05, 3.63) is 48.2 Å². The second-order valence-corrected chi connectivity index (χ2v) is 6.18.